The molecule has 0 unspecified atom stereocenters. The van der Waals surface area contributed by atoms with Crippen LogP contribution in [0, 0.1) is 11.8 Å². The van der Waals surface area contributed by atoms with Gasteiger partial charge in [-0.2, -0.15) is 10.1 Å². The second-order valence-corrected chi connectivity index (χ2v) is 8.06. The smallest absolute Gasteiger partial charge is 0.254 e. The summed E-state index contributed by atoms with van der Waals surface area (Å²) >= 11 is 0. The summed E-state index contributed by atoms with van der Waals surface area (Å²) in [7, 11) is 0. The Morgan fingerprint density at radius 1 is 0.700 bits per heavy atom. The molecule has 5 nitrogen and oxygen atoms in total. The zero-order chi connectivity index (χ0) is 20.4. The number of hydrogen-bond acceptors (Lipinski definition) is 4. The van der Waals surface area contributed by atoms with Gasteiger partial charge < -0.3 is 5.11 Å². The molecule has 146 valence electrons. The molecule has 0 aromatic heterocycles. The van der Waals surface area contributed by atoms with Gasteiger partial charge in [-0.25, -0.2) is 0 Å². The number of amides is 2. The fourth-order valence-electron chi connectivity index (χ4n) is 5.49. The van der Waals surface area contributed by atoms with E-state index in [-0.39, 0.29) is 29.4 Å². The SMILES string of the molecule is O=C1[C@@H]2C3c4ccccc4C(c4ccccc43)[C@H]2C(=O)N1/N=C\c1ccccc1O. The molecule has 1 N–H and O–H groups in total. The lowest BCUT2D eigenvalue weighted by Gasteiger charge is -2.45. The maximum absolute atomic E-state index is 13.4. The molecule has 1 heterocycles. The Bertz CT molecular complexity index is 1130. The molecule has 2 amide bonds. The fraction of sp³-hybridized carbons (Fsp3) is 0.160. The first-order chi connectivity index (χ1) is 14.7. The number of phenolic OH excluding ortho intramolecular Hbond substituents is 1. The van der Waals surface area contributed by atoms with Crippen molar-refractivity contribution in [1.29, 1.82) is 0 Å². The third kappa shape index (κ3) is 2.15. The van der Waals surface area contributed by atoms with Crippen molar-refractivity contribution >= 4 is 18.0 Å². The van der Waals surface area contributed by atoms with Crippen LogP contribution in [-0.2, 0) is 9.59 Å². The standard InChI is InChI=1S/C25H18N2O3/c28-19-12-6-1-7-14(19)13-26-27-24(29)22-20-15-8-2-3-9-16(15)21(23(22)25(27)30)18-11-5-4-10-17(18)20/h1-13,20-23,28H/b26-13-/t20?,21?,22-,23-/m1/s1. The minimum absolute atomic E-state index is 0.0534. The van der Waals surface area contributed by atoms with Crippen LogP contribution in [0.2, 0.25) is 0 Å². The molecule has 0 saturated carbocycles. The number of hydrogen-bond donors (Lipinski definition) is 1. The van der Waals surface area contributed by atoms with Crippen LogP contribution in [0.25, 0.3) is 0 Å². The molecular weight excluding hydrogens is 376 g/mol. The minimum Gasteiger partial charge on any atom is -0.507 e. The highest BCUT2D eigenvalue weighted by atomic mass is 16.3. The Hall–Kier alpha value is -3.73. The van der Waals surface area contributed by atoms with E-state index in [9.17, 15) is 14.7 Å². The summed E-state index contributed by atoms with van der Waals surface area (Å²) in [4.78, 5) is 26.8. The van der Waals surface area contributed by atoms with Crippen molar-refractivity contribution in [2.24, 2.45) is 16.9 Å². The summed E-state index contributed by atoms with van der Waals surface area (Å²) < 4.78 is 0. The number of rotatable bonds is 2. The number of hydrazone groups is 1. The maximum atomic E-state index is 13.4. The number of phenols is 1. The molecular formula is C25H18N2O3. The van der Waals surface area contributed by atoms with Crippen molar-refractivity contribution in [3.63, 3.8) is 0 Å². The van der Waals surface area contributed by atoms with Crippen molar-refractivity contribution in [2.75, 3.05) is 0 Å². The number of benzene rings is 3. The zero-order valence-corrected chi connectivity index (χ0v) is 16.0. The van der Waals surface area contributed by atoms with E-state index in [1.165, 1.54) is 6.21 Å². The molecule has 3 aliphatic carbocycles. The third-order valence-corrected chi connectivity index (χ3v) is 6.67. The molecule has 3 aromatic carbocycles. The summed E-state index contributed by atoms with van der Waals surface area (Å²) in [5.74, 6) is -1.67. The highest BCUT2D eigenvalue weighted by Crippen LogP contribution is 2.60. The molecule has 0 radical (unpaired) electrons. The predicted molar refractivity (Wildman–Crippen MR) is 111 cm³/mol. The Kier molecular flexibility index (Phi) is 3.51. The number of carbonyl (C=O) groups excluding carboxylic acids is 2. The summed E-state index contributed by atoms with van der Waals surface area (Å²) in [6.07, 6.45) is 1.38. The molecule has 2 atom stereocenters. The number of aromatic hydroxyl groups is 1. The topological polar surface area (TPSA) is 70.0 Å². The first kappa shape index (κ1) is 17.2. The van der Waals surface area contributed by atoms with Crippen molar-refractivity contribution in [1.82, 2.24) is 5.01 Å². The fourth-order valence-corrected chi connectivity index (χ4v) is 5.49. The van der Waals surface area contributed by atoms with E-state index in [4.69, 9.17) is 0 Å². The van der Waals surface area contributed by atoms with E-state index in [1.54, 1.807) is 24.3 Å². The van der Waals surface area contributed by atoms with Crippen molar-refractivity contribution in [3.05, 3.63) is 101 Å². The number of nitrogens with zero attached hydrogens (tertiary/aromatic N) is 2. The lowest BCUT2D eigenvalue weighted by Crippen LogP contribution is -2.41. The third-order valence-electron chi connectivity index (χ3n) is 6.67. The highest BCUT2D eigenvalue weighted by Gasteiger charge is 2.61. The van der Waals surface area contributed by atoms with Crippen LogP contribution in [0.4, 0.5) is 0 Å². The molecule has 7 rings (SSSR count). The van der Waals surface area contributed by atoms with Gasteiger partial charge in [0.1, 0.15) is 5.75 Å². The van der Waals surface area contributed by atoms with E-state index < -0.39 is 11.8 Å². The van der Waals surface area contributed by atoms with E-state index in [1.807, 2.05) is 24.3 Å². The zero-order valence-electron chi connectivity index (χ0n) is 16.0. The van der Waals surface area contributed by atoms with E-state index in [0.29, 0.717) is 5.56 Å². The van der Waals surface area contributed by atoms with Crippen LogP contribution in [0.1, 0.15) is 39.7 Å². The Morgan fingerprint density at radius 3 is 1.60 bits per heavy atom. The Labute approximate surface area is 173 Å². The molecule has 4 aliphatic rings. The molecule has 1 fully saturated rings. The molecule has 2 bridgehead atoms. The molecule has 30 heavy (non-hydrogen) atoms. The largest absolute Gasteiger partial charge is 0.507 e. The van der Waals surface area contributed by atoms with Gasteiger partial charge in [-0.15, -0.1) is 0 Å². The van der Waals surface area contributed by atoms with Crippen LogP contribution in [0.15, 0.2) is 77.9 Å². The van der Waals surface area contributed by atoms with Gasteiger partial charge in [-0.1, -0.05) is 60.7 Å². The van der Waals surface area contributed by atoms with E-state index >= 15 is 0 Å². The number of carbonyl (C=O) groups is 2. The average Bonchev–Trinajstić information content (AvgIpc) is 3.04. The lowest BCUT2D eigenvalue weighted by molar-refractivity contribution is -0.139. The van der Waals surface area contributed by atoms with Crippen molar-refractivity contribution < 1.29 is 14.7 Å². The Morgan fingerprint density at radius 2 is 1.13 bits per heavy atom. The first-order valence-electron chi connectivity index (χ1n) is 10.0. The maximum Gasteiger partial charge on any atom is 0.254 e. The van der Waals surface area contributed by atoms with Crippen LogP contribution >= 0.6 is 0 Å². The van der Waals surface area contributed by atoms with Crippen LogP contribution in [0.5, 0.6) is 5.75 Å². The minimum atomic E-state index is -0.450. The number of imide groups is 1. The van der Waals surface area contributed by atoms with Crippen LogP contribution in [-0.4, -0.2) is 28.1 Å². The number of para-hydroxylation sites is 1. The summed E-state index contributed by atoms with van der Waals surface area (Å²) in [5.41, 5.74) is 5.00. The van der Waals surface area contributed by atoms with Gasteiger partial charge in [-0.3, -0.25) is 9.59 Å². The lowest BCUT2D eigenvalue weighted by atomic mass is 9.55. The van der Waals surface area contributed by atoms with Crippen molar-refractivity contribution in [3.8, 4) is 5.75 Å². The van der Waals surface area contributed by atoms with Gasteiger partial charge in [-0.05, 0) is 34.4 Å². The second kappa shape index (κ2) is 6.13. The Balaban J connectivity index is 1.47. The monoisotopic (exact) mass is 394 g/mol. The molecule has 5 heteroatoms. The van der Waals surface area contributed by atoms with Gasteiger partial charge in [0.05, 0.1) is 18.1 Å². The molecule has 1 aliphatic heterocycles. The molecule has 1 saturated heterocycles. The quantitative estimate of drug-likeness (QED) is 0.533. The summed E-state index contributed by atoms with van der Waals surface area (Å²) in [5, 5.41) is 15.2. The van der Waals surface area contributed by atoms with Gasteiger partial charge in [0, 0.05) is 17.4 Å². The van der Waals surface area contributed by atoms with Crippen molar-refractivity contribution in [2.45, 2.75) is 11.8 Å². The summed E-state index contributed by atoms with van der Waals surface area (Å²) in [6.45, 7) is 0. The molecule has 3 aromatic rings. The van der Waals surface area contributed by atoms with Gasteiger partial charge >= 0.3 is 0 Å². The van der Waals surface area contributed by atoms with Gasteiger partial charge in [0.2, 0.25) is 0 Å². The normalized spacial score (nSPS) is 26.1. The van der Waals surface area contributed by atoms with E-state index in [2.05, 4.69) is 29.4 Å². The molecule has 0 spiro atoms. The van der Waals surface area contributed by atoms with E-state index in [0.717, 1.165) is 27.3 Å². The van der Waals surface area contributed by atoms with Crippen LogP contribution in [0.3, 0.4) is 0 Å². The second-order valence-electron chi connectivity index (χ2n) is 8.06. The predicted octanol–water partition coefficient (Wildman–Crippen LogP) is 3.62. The van der Waals surface area contributed by atoms with Gasteiger partial charge in [0.15, 0.2) is 0 Å². The summed E-state index contributed by atoms with van der Waals surface area (Å²) in [6, 6.07) is 23.0. The first-order valence-corrected chi connectivity index (χ1v) is 10.0. The van der Waals surface area contributed by atoms with Gasteiger partial charge in [0.25, 0.3) is 11.8 Å². The highest BCUT2D eigenvalue weighted by molar-refractivity contribution is 6.08. The van der Waals surface area contributed by atoms with Crippen LogP contribution < -0.4 is 0 Å². The average molecular weight is 394 g/mol.